The van der Waals surface area contributed by atoms with Gasteiger partial charge in [-0.2, -0.15) is 0 Å². The van der Waals surface area contributed by atoms with Crippen LogP contribution in [0.4, 0.5) is 0 Å². The van der Waals surface area contributed by atoms with Gasteiger partial charge < -0.3 is 10.1 Å². The number of benzene rings is 1. The first-order valence-corrected chi connectivity index (χ1v) is 6.47. The van der Waals surface area contributed by atoms with E-state index in [9.17, 15) is 0 Å². The summed E-state index contributed by atoms with van der Waals surface area (Å²) in [5.74, 6) is 0.955. The summed E-state index contributed by atoms with van der Waals surface area (Å²) in [7, 11) is 0. The van der Waals surface area contributed by atoms with Gasteiger partial charge >= 0.3 is 0 Å². The molecular weight excluding hydrogens is 210 g/mol. The topological polar surface area (TPSA) is 21.3 Å². The zero-order chi connectivity index (χ0) is 12.3. The molecular formula is C15H23NO. The molecule has 17 heavy (non-hydrogen) atoms. The highest BCUT2D eigenvalue weighted by Crippen LogP contribution is 2.13. The zero-order valence-electron chi connectivity index (χ0n) is 10.9. The molecule has 1 N–H and O–H groups in total. The van der Waals surface area contributed by atoms with Gasteiger partial charge in [0.15, 0.2) is 0 Å². The van der Waals surface area contributed by atoms with Crippen molar-refractivity contribution in [2.75, 3.05) is 19.7 Å². The summed E-state index contributed by atoms with van der Waals surface area (Å²) in [4.78, 5) is 0. The normalized spacial score (nSPS) is 10.9. The van der Waals surface area contributed by atoms with Crippen molar-refractivity contribution >= 4 is 6.08 Å². The highest BCUT2D eigenvalue weighted by Gasteiger charge is 1.92. The summed E-state index contributed by atoms with van der Waals surface area (Å²) in [5.41, 5.74) is 1.23. The van der Waals surface area contributed by atoms with E-state index >= 15 is 0 Å². The van der Waals surface area contributed by atoms with Crippen molar-refractivity contribution in [1.82, 2.24) is 5.32 Å². The third-order valence-corrected chi connectivity index (χ3v) is 2.40. The molecule has 0 aliphatic carbocycles. The molecule has 0 aromatic heterocycles. The monoisotopic (exact) mass is 233 g/mol. The summed E-state index contributed by atoms with van der Waals surface area (Å²) in [6.07, 6.45) is 6.47. The van der Waals surface area contributed by atoms with Gasteiger partial charge in [-0.25, -0.2) is 0 Å². The standard InChI is InChI=1S/C15H23NO/c1-3-13-17-15-10-8-14(9-11-15)7-5-6-12-16-4-2/h5,7-11,16H,3-4,6,12-13H2,1-2H3. The summed E-state index contributed by atoms with van der Waals surface area (Å²) in [6, 6.07) is 8.24. The molecule has 0 spiro atoms. The fourth-order valence-electron chi connectivity index (χ4n) is 1.48. The van der Waals surface area contributed by atoms with Crippen LogP contribution in [0.25, 0.3) is 6.08 Å². The minimum Gasteiger partial charge on any atom is -0.494 e. The largest absolute Gasteiger partial charge is 0.494 e. The molecule has 1 aromatic carbocycles. The Morgan fingerprint density at radius 1 is 1.18 bits per heavy atom. The van der Waals surface area contributed by atoms with E-state index in [1.54, 1.807) is 0 Å². The molecule has 94 valence electrons. The van der Waals surface area contributed by atoms with Crippen LogP contribution in [0.3, 0.4) is 0 Å². The van der Waals surface area contributed by atoms with Gasteiger partial charge in [-0.15, -0.1) is 0 Å². The van der Waals surface area contributed by atoms with E-state index in [4.69, 9.17) is 4.74 Å². The third-order valence-electron chi connectivity index (χ3n) is 2.40. The van der Waals surface area contributed by atoms with Crippen LogP contribution in [0.2, 0.25) is 0 Å². The second-order valence-corrected chi connectivity index (χ2v) is 3.96. The number of rotatable bonds is 8. The highest BCUT2D eigenvalue weighted by molar-refractivity contribution is 5.50. The molecule has 1 aromatic rings. The second-order valence-electron chi connectivity index (χ2n) is 3.96. The molecule has 1 rings (SSSR count). The lowest BCUT2D eigenvalue weighted by molar-refractivity contribution is 0.317. The van der Waals surface area contributed by atoms with Gasteiger partial charge in [-0.1, -0.05) is 38.1 Å². The number of nitrogens with one attached hydrogen (secondary N) is 1. The smallest absolute Gasteiger partial charge is 0.119 e. The Morgan fingerprint density at radius 2 is 1.94 bits per heavy atom. The van der Waals surface area contributed by atoms with Crippen LogP contribution in [0, 0.1) is 0 Å². The Kier molecular flexibility index (Phi) is 7.15. The van der Waals surface area contributed by atoms with Crippen molar-refractivity contribution < 1.29 is 4.74 Å². The van der Waals surface area contributed by atoms with Crippen molar-refractivity contribution in [2.45, 2.75) is 26.7 Å². The maximum Gasteiger partial charge on any atom is 0.119 e. The summed E-state index contributed by atoms with van der Waals surface area (Å²) in [6.45, 7) is 7.11. The van der Waals surface area contributed by atoms with Crippen molar-refractivity contribution in [3.05, 3.63) is 35.9 Å². The van der Waals surface area contributed by atoms with Crippen LogP contribution in [0.5, 0.6) is 5.75 Å². The lowest BCUT2D eigenvalue weighted by atomic mass is 10.2. The Bertz CT molecular complexity index is 316. The third kappa shape index (κ3) is 6.12. The van der Waals surface area contributed by atoms with Gasteiger partial charge in [-0.3, -0.25) is 0 Å². The fraction of sp³-hybridized carbons (Fsp3) is 0.467. The Hall–Kier alpha value is -1.28. The molecule has 0 bridgehead atoms. The first-order chi connectivity index (χ1) is 8.36. The van der Waals surface area contributed by atoms with Crippen molar-refractivity contribution in [3.63, 3.8) is 0 Å². The minimum atomic E-state index is 0.790. The molecule has 0 radical (unpaired) electrons. The lowest BCUT2D eigenvalue weighted by Gasteiger charge is -2.04. The SMILES string of the molecule is CCCOc1ccc(C=CCCNCC)cc1. The number of hydrogen-bond acceptors (Lipinski definition) is 2. The molecule has 0 aliphatic rings. The van der Waals surface area contributed by atoms with E-state index in [1.807, 2.05) is 12.1 Å². The maximum atomic E-state index is 5.53. The molecule has 0 saturated heterocycles. The lowest BCUT2D eigenvalue weighted by Crippen LogP contribution is -2.12. The molecule has 0 unspecified atom stereocenters. The van der Waals surface area contributed by atoms with Gasteiger partial charge in [0, 0.05) is 0 Å². The predicted octanol–water partition coefficient (Wildman–Crippen LogP) is 3.49. The van der Waals surface area contributed by atoms with E-state index in [1.165, 1.54) is 5.56 Å². The average Bonchev–Trinajstić information content (AvgIpc) is 2.37. The average molecular weight is 233 g/mol. The summed E-state index contributed by atoms with van der Waals surface area (Å²) >= 11 is 0. The summed E-state index contributed by atoms with van der Waals surface area (Å²) < 4.78 is 5.53. The van der Waals surface area contributed by atoms with Gasteiger partial charge in [-0.05, 0) is 43.6 Å². The molecule has 0 heterocycles. The minimum absolute atomic E-state index is 0.790. The molecule has 2 heteroatoms. The second kappa shape index (κ2) is 8.82. The van der Waals surface area contributed by atoms with E-state index < -0.39 is 0 Å². The van der Waals surface area contributed by atoms with Gasteiger partial charge in [0.1, 0.15) is 5.75 Å². The Morgan fingerprint density at radius 3 is 2.59 bits per heavy atom. The summed E-state index contributed by atoms with van der Waals surface area (Å²) in [5, 5.41) is 3.30. The first-order valence-electron chi connectivity index (χ1n) is 6.47. The van der Waals surface area contributed by atoms with Crippen LogP contribution in [0.15, 0.2) is 30.3 Å². The molecule has 0 saturated carbocycles. The van der Waals surface area contributed by atoms with Crippen molar-refractivity contribution in [3.8, 4) is 5.75 Å². The number of ether oxygens (including phenoxy) is 1. The zero-order valence-corrected chi connectivity index (χ0v) is 10.9. The molecule has 0 fully saturated rings. The van der Waals surface area contributed by atoms with E-state index in [0.29, 0.717) is 0 Å². The Labute approximate surface area is 105 Å². The van der Waals surface area contributed by atoms with Crippen LogP contribution >= 0.6 is 0 Å². The predicted molar refractivity (Wildman–Crippen MR) is 74.4 cm³/mol. The van der Waals surface area contributed by atoms with Crippen molar-refractivity contribution in [1.29, 1.82) is 0 Å². The molecule has 0 atom stereocenters. The van der Waals surface area contributed by atoms with Crippen molar-refractivity contribution in [2.24, 2.45) is 0 Å². The van der Waals surface area contributed by atoms with E-state index in [0.717, 1.165) is 38.3 Å². The molecule has 0 aliphatic heterocycles. The molecule has 0 amide bonds. The fourth-order valence-corrected chi connectivity index (χ4v) is 1.48. The van der Waals surface area contributed by atoms with Crippen LogP contribution < -0.4 is 10.1 Å². The van der Waals surface area contributed by atoms with E-state index in [-0.39, 0.29) is 0 Å². The quantitative estimate of drug-likeness (QED) is 0.694. The van der Waals surface area contributed by atoms with Gasteiger partial charge in [0.2, 0.25) is 0 Å². The van der Waals surface area contributed by atoms with Crippen LogP contribution in [-0.2, 0) is 0 Å². The Balaban J connectivity index is 2.34. The van der Waals surface area contributed by atoms with Gasteiger partial charge in [0.25, 0.3) is 0 Å². The highest BCUT2D eigenvalue weighted by atomic mass is 16.5. The van der Waals surface area contributed by atoms with E-state index in [2.05, 4.69) is 43.4 Å². The maximum absolute atomic E-state index is 5.53. The first kappa shape index (κ1) is 13.8. The van der Waals surface area contributed by atoms with Gasteiger partial charge in [0.05, 0.1) is 6.61 Å². The van der Waals surface area contributed by atoms with Crippen LogP contribution in [-0.4, -0.2) is 19.7 Å². The van der Waals surface area contributed by atoms with Crippen LogP contribution in [0.1, 0.15) is 32.3 Å². The molecule has 2 nitrogen and oxygen atoms in total. The number of hydrogen-bond donors (Lipinski definition) is 1.